The number of aromatic nitrogens is 2. The van der Waals surface area contributed by atoms with Gasteiger partial charge < -0.3 is 34.9 Å². The number of benzene rings is 2. The van der Waals surface area contributed by atoms with Crippen molar-refractivity contribution in [2.24, 2.45) is 5.92 Å². The summed E-state index contributed by atoms with van der Waals surface area (Å²) in [5, 5.41) is 14.0. The molecule has 0 bridgehead atoms. The maximum absolute atomic E-state index is 12.9. The van der Waals surface area contributed by atoms with Crippen LogP contribution in [0.1, 0.15) is 18.4 Å². The molecule has 43 heavy (non-hydrogen) atoms. The van der Waals surface area contributed by atoms with Crippen LogP contribution < -0.4 is 29.7 Å². The molecule has 1 aliphatic heterocycles. The lowest BCUT2D eigenvalue weighted by Crippen LogP contribution is -2.43. The number of anilines is 3. The average molecular weight is 626 g/mol. The number of ether oxygens (including phenoxy) is 3. The molecule has 11 nitrogen and oxygen atoms in total. The Bertz CT molecular complexity index is 1390. The molecule has 1 aromatic heterocycles. The Hall–Kier alpha value is -4.46. The van der Waals surface area contributed by atoms with Gasteiger partial charge >= 0.3 is 12.1 Å². The van der Waals surface area contributed by atoms with E-state index in [1.54, 1.807) is 39.7 Å². The van der Waals surface area contributed by atoms with Crippen LogP contribution in [0.15, 0.2) is 48.7 Å². The third-order valence-corrected chi connectivity index (χ3v) is 6.70. The first-order valence-electron chi connectivity index (χ1n) is 12.9. The Kier molecular flexibility index (Phi) is 11.6. The third kappa shape index (κ3) is 9.26. The lowest BCUT2D eigenvalue weighted by atomic mass is 9.97. The summed E-state index contributed by atoms with van der Waals surface area (Å²) in [6.45, 7) is 1.80. The molecule has 0 spiro atoms. The van der Waals surface area contributed by atoms with Crippen LogP contribution in [-0.2, 0) is 16.1 Å². The Morgan fingerprint density at radius 2 is 1.74 bits per heavy atom. The zero-order valence-corrected chi connectivity index (χ0v) is 24.3. The maximum atomic E-state index is 12.9. The molecule has 0 radical (unpaired) electrons. The second-order valence-electron chi connectivity index (χ2n) is 9.17. The molecular formula is C28H31ClF3N5O6. The fourth-order valence-electron chi connectivity index (χ4n) is 4.24. The quantitative estimate of drug-likeness (QED) is 0.296. The van der Waals surface area contributed by atoms with E-state index in [-0.39, 0.29) is 11.8 Å². The number of carboxylic acids is 1. The predicted molar refractivity (Wildman–Crippen MR) is 153 cm³/mol. The molecular weight excluding hydrogens is 595 g/mol. The number of carbonyl (C=O) groups excluding carboxylic acids is 1. The molecule has 2 aromatic carbocycles. The van der Waals surface area contributed by atoms with Gasteiger partial charge in [-0.15, -0.1) is 0 Å². The fourth-order valence-corrected chi connectivity index (χ4v) is 4.44. The highest BCUT2D eigenvalue weighted by Crippen LogP contribution is 2.40. The molecule has 1 fully saturated rings. The van der Waals surface area contributed by atoms with Crippen molar-refractivity contribution in [1.29, 1.82) is 0 Å². The molecule has 4 rings (SSSR count). The van der Waals surface area contributed by atoms with Crippen molar-refractivity contribution in [3.05, 3.63) is 59.2 Å². The fraction of sp³-hybridized carbons (Fsp3) is 0.357. The first kappa shape index (κ1) is 33.0. The number of hydrogen-bond donors (Lipinski definition) is 3. The maximum Gasteiger partial charge on any atom is 0.490 e. The number of halogens is 4. The van der Waals surface area contributed by atoms with E-state index >= 15 is 0 Å². The summed E-state index contributed by atoms with van der Waals surface area (Å²) >= 11 is 6.22. The summed E-state index contributed by atoms with van der Waals surface area (Å²) in [6, 6.07) is 13.0. The predicted octanol–water partition coefficient (Wildman–Crippen LogP) is 5.07. The number of alkyl halides is 3. The van der Waals surface area contributed by atoms with E-state index in [2.05, 4.69) is 25.5 Å². The largest absolute Gasteiger partial charge is 0.493 e. The summed E-state index contributed by atoms with van der Waals surface area (Å²) in [5.74, 6) is -0.142. The lowest BCUT2D eigenvalue weighted by molar-refractivity contribution is -0.192. The SMILES string of the molecule is COc1cc(Nc2nccc(N3CCC[C@H](C(=O)NCc4ccccc4Cl)C3)n2)cc(OC)c1OC.O=C(O)C(F)(F)F. The van der Waals surface area contributed by atoms with E-state index in [0.29, 0.717) is 47.0 Å². The van der Waals surface area contributed by atoms with E-state index in [1.807, 2.05) is 30.3 Å². The molecule has 1 saturated heterocycles. The number of carboxylic acid groups (broad SMARTS) is 1. The van der Waals surface area contributed by atoms with E-state index in [1.165, 1.54) is 0 Å². The van der Waals surface area contributed by atoms with Crippen molar-refractivity contribution >= 4 is 40.9 Å². The van der Waals surface area contributed by atoms with Gasteiger partial charge in [0.1, 0.15) is 5.82 Å². The van der Waals surface area contributed by atoms with Crippen LogP contribution >= 0.6 is 11.6 Å². The molecule has 15 heteroatoms. The van der Waals surface area contributed by atoms with Gasteiger partial charge in [-0.2, -0.15) is 18.2 Å². The average Bonchev–Trinajstić information content (AvgIpc) is 3.00. The van der Waals surface area contributed by atoms with Gasteiger partial charge in [0.05, 0.1) is 27.2 Å². The Labute approximate surface area is 250 Å². The monoisotopic (exact) mass is 625 g/mol. The molecule has 1 atom stereocenters. The standard InChI is InChI=1S/C26H30ClN5O4.C2HF3O2/c1-34-21-13-19(14-22(35-2)24(21)36-3)30-26-28-11-10-23(31-26)32-12-6-8-18(16-32)25(33)29-15-17-7-4-5-9-20(17)27;3-2(4,5)1(6)7/h4-5,7,9-11,13-14,18H,6,8,12,15-16H2,1-3H3,(H,29,33)(H,28,30,31);(H,6,7)/t18-;/m0./s1. The Morgan fingerprint density at radius 3 is 2.33 bits per heavy atom. The molecule has 3 aromatic rings. The number of hydrogen-bond acceptors (Lipinski definition) is 9. The molecule has 2 heterocycles. The highest BCUT2D eigenvalue weighted by Gasteiger charge is 2.38. The van der Waals surface area contributed by atoms with E-state index in [9.17, 15) is 18.0 Å². The number of carbonyl (C=O) groups is 2. The van der Waals surface area contributed by atoms with E-state index in [4.69, 9.17) is 35.7 Å². The van der Waals surface area contributed by atoms with Crippen LogP contribution in [0.3, 0.4) is 0 Å². The smallest absolute Gasteiger partial charge is 0.490 e. The molecule has 0 aliphatic carbocycles. The zero-order chi connectivity index (χ0) is 31.6. The van der Waals surface area contributed by atoms with Crippen LogP contribution in [0.5, 0.6) is 17.2 Å². The van der Waals surface area contributed by atoms with Gasteiger partial charge in [-0.25, -0.2) is 9.78 Å². The summed E-state index contributed by atoms with van der Waals surface area (Å²) in [7, 11) is 4.69. The first-order chi connectivity index (χ1) is 20.5. The summed E-state index contributed by atoms with van der Waals surface area (Å²) in [4.78, 5) is 32.9. The molecule has 232 valence electrons. The Morgan fingerprint density at radius 1 is 1.09 bits per heavy atom. The number of amides is 1. The number of nitrogens with one attached hydrogen (secondary N) is 2. The molecule has 0 unspecified atom stereocenters. The van der Waals surface area contributed by atoms with Crippen LogP contribution in [0.4, 0.5) is 30.6 Å². The molecule has 3 N–H and O–H groups in total. The third-order valence-electron chi connectivity index (χ3n) is 6.33. The molecule has 1 aliphatic rings. The number of nitrogens with zero attached hydrogens (tertiary/aromatic N) is 3. The minimum atomic E-state index is -5.08. The normalized spacial score (nSPS) is 14.6. The van der Waals surface area contributed by atoms with Crippen LogP contribution in [0, 0.1) is 5.92 Å². The van der Waals surface area contributed by atoms with Crippen LogP contribution in [0.2, 0.25) is 5.02 Å². The minimum Gasteiger partial charge on any atom is -0.493 e. The zero-order valence-electron chi connectivity index (χ0n) is 23.6. The highest BCUT2D eigenvalue weighted by atomic mass is 35.5. The number of rotatable bonds is 9. The van der Waals surface area contributed by atoms with Crippen molar-refractivity contribution in [1.82, 2.24) is 15.3 Å². The Balaban J connectivity index is 0.000000646. The van der Waals surface area contributed by atoms with Crippen molar-refractivity contribution < 1.29 is 42.1 Å². The highest BCUT2D eigenvalue weighted by molar-refractivity contribution is 6.31. The van der Waals surface area contributed by atoms with Crippen LogP contribution in [-0.4, -0.2) is 67.5 Å². The summed E-state index contributed by atoms with van der Waals surface area (Å²) < 4.78 is 48.0. The van der Waals surface area contributed by atoms with Crippen molar-refractivity contribution in [2.75, 3.05) is 44.6 Å². The van der Waals surface area contributed by atoms with E-state index < -0.39 is 12.1 Å². The van der Waals surface area contributed by atoms with E-state index in [0.717, 1.165) is 30.8 Å². The number of aliphatic carboxylic acids is 1. The minimum absolute atomic E-state index is 0.0180. The number of piperidine rings is 1. The first-order valence-corrected chi connectivity index (χ1v) is 13.3. The van der Waals surface area contributed by atoms with Gasteiger partial charge in [-0.1, -0.05) is 29.8 Å². The topological polar surface area (TPSA) is 135 Å². The molecule has 0 saturated carbocycles. The van der Waals surface area contributed by atoms with Gasteiger partial charge in [-0.05, 0) is 30.5 Å². The lowest BCUT2D eigenvalue weighted by Gasteiger charge is -2.33. The van der Waals surface area contributed by atoms with Gasteiger partial charge in [0.2, 0.25) is 17.6 Å². The van der Waals surface area contributed by atoms with Gasteiger partial charge in [0.25, 0.3) is 0 Å². The number of methoxy groups -OCH3 is 3. The summed E-state index contributed by atoms with van der Waals surface area (Å²) in [5.41, 5.74) is 1.59. The second kappa shape index (κ2) is 15.1. The summed E-state index contributed by atoms with van der Waals surface area (Å²) in [6.07, 6.45) is -1.67. The van der Waals surface area contributed by atoms with Crippen molar-refractivity contribution in [3.8, 4) is 17.2 Å². The van der Waals surface area contributed by atoms with Crippen molar-refractivity contribution in [3.63, 3.8) is 0 Å². The van der Waals surface area contributed by atoms with Gasteiger partial charge in [-0.3, -0.25) is 4.79 Å². The molecule has 1 amide bonds. The van der Waals surface area contributed by atoms with Crippen LogP contribution in [0.25, 0.3) is 0 Å². The second-order valence-corrected chi connectivity index (χ2v) is 9.58. The van der Waals surface area contributed by atoms with Gasteiger partial charge in [0, 0.05) is 48.7 Å². The van der Waals surface area contributed by atoms with Gasteiger partial charge in [0.15, 0.2) is 11.5 Å². The van der Waals surface area contributed by atoms with Crippen molar-refractivity contribution in [2.45, 2.75) is 25.6 Å².